The SMILES string of the molecule is C.C.C.C.CC(=O)NC[C@H]1CN(c2ccc(-c3ccc(CCl)cc3)c(F)c2)C(=O)O1.CC(=O)NC[C@H]1CN(c2ccc(-c3ccc(CN(CCCSc4cn[nH]n4)C(=O)OC(C)(C)C)cc3)c(F)c2)C(=O)O1.CC(=O)NC[C@H]1CN(c2ccc(-c3ccc(CNCCCSc4cn[nH]n4)cc3)c(F)c2)C(=O)O1.CC(C)(C)OC(=O)NCCCBr.CC(C)(C)OC(=O)NCCCSc1cn[nH]n1.Cl.Cl.[Na+].[S-]c1cn[nH]n1. The molecular formula is C96H134BrCl3F3N22NaO15S4. The number of halogens is 7. The zero-order valence-corrected chi connectivity index (χ0v) is 89.6. The molecule has 3 aliphatic heterocycles. The maximum atomic E-state index is 15.2. The Morgan fingerprint density at radius 2 is 0.800 bits per heavy atom. The smallest absolute Gasteiger partial charge is 0.757 e. The average Bonchev–Trinajstić information content (AvgIpc) is 1.76. The second-order valence-corrected chi connectivity index (χ2v) is 38.5. The van der Waals surface area contributed by atoms with E-state index < -0.39 is 76.9 Å². The number of hydrogen-bond acceptors (Lipinski definition) is 28. The summed E-state index contributed by atoms with van der Waals surface area (Å²) in [4.78, 5) is 111. The van der Waals surface area contributed by atoms with Crippen molar-refractivity contribution in [2.24, 2.45) is 0 Å². The van der Waals surface area contributed by atoms with Gasteiger partial charge in [0.25, 0.3) is 0 Å². The standard InChI is InChI=1S/C29H35FN6O5S.C24H27FN6O3S.C19H18ClFN2O3.C10H18N4O2S.C8H16BrNO2.C2H3N3S.4CH4.2ClH.Na/c1-19(37)31-15-23-18-36(28(39)40-23)22-10-11-24(25(30)14-22)21-8-6-20(7-9-21)17-35(27(38)41-29(2,3)4)12-5-13-42-26-16-32-34-33-26;1-16(32)27-13-20-15-31(24(33)34-20)19-7-8-21(22(25)11-19)18-5-3-17(4-6-18)12-26-9-2-10-35-23-14-28-30-29-23;1-12(24)22-10-16-11-23(19(25)26-16)15-6-7-17(18(21)8-15)14-4-2-13(9-20)3-5-14;1-10(2,3)16-9(15)11-5-4-6-17-8-7-12-14-13-8;1-8(2,3)12-7(11)10-6-4-5-9;6-2-1-3-5-4-2;;;;;;;/h6-11,14,16,23H,5,12-13,15,17-18H2,1-4H3,(H,31,37)(H,32,33,34);3-8,11,14,20,26H,2,9-10,12-13,15H2,1H3,(H,27,32)(H,28,29,30);2-8,16H,9-11H2,1H3,(H,22,24);7H,4-6H2,1-3H3,(H,11,15)(H,12,13,14);4-6H2,1-3H3,(H,10,11);1H,(H2,3,4,5,6);4*1H4;2*1H;/q;;;;;;;;;;;;+1/p-1/t23-;20-;16-;;;;;;;;;;/m000........../s1. The Kier molecular flexibility index (Phi) is 62.0. The van der Waals surface area contributed by atoms with Crippen LogP contribution in [0, 0.1) is 17.5 Å². The van der Waals surface area contributed by atoms with Crippen molar-refractivity contribution in [1.29, 1.82) is 0 Å². The fourth-order valence-electron chi connectivity index (χ4n) is 12.5. The number of aromatic amines is 4. The molecule has 4 aromatic heterocycles. The predicted molar refractivity (Wildman–Crippen MR) is 568 cm³/mol. The third kappa shape index (κ3) is 49.6. The number of ether oxygens (including phenoxy) is 6. The van der Waals surface area contributed by atoms with Gasteiger partial charge < -0.3 is 77.9 Å². The molecule has 792 valence electrons. The van der Waals surface area contributed by atoms with E-state index in [0.717, 1.165) is 104 Å². The van der Waals surface area contributed by atoms with E-state index >= 15 is 4.39 Å². The van der Waals surface area contributed by atoms with Crippen molar-refractivity contribution in [3.05, 3.63) is 186 Å². The van der Waals surface area contributed by atoms with Crippen LogP contribution >= 0.6 is 87.6 Å². The van der Waals surface area contributed by atoms with Crippen molar-refractivity contribution in [2.45, 2.75) is 213 Å². The summed E-state index contributed by atoms with van der Waals surface area (Å²) in [5.74, 6) is 1.03. The van der Waals surface area contributed by atoms with E-state index in [0.29, 0.717) is 76.4 Å². The van der Waals surface area contributed by atoms with Crippen LogP contribution in [0.4, 0.5) is 59.0 Å². The summed E-state index contributed by atoms with van der Waals surface area (Å²) in [5.41, 5.74) is 6.09. The Morgan fingerprint density at radius 3 is 1.10 bits per heavy atom. The number of carbonyl (C=O) groups excluding carboxylic acids is 9. The number of H-pyrrole nitrogens is 4. The number of amides is 9. The van der Waals surface area contributed by atoms with E-state index in [1.807, 2.05) is 123 Å². The molecular weight excluding hydrogens is 2100 g/mol. The fraction of sp³-hybridized carbons (Fsp3) is 0.448. The Labute approximate surface area is 912 Å². The molecule has 3 fully saturated rings. The van der Waals surface area contributed by atoms with Gasteiger partial charge in [0.15, 0.2) is 0 Å². The van der Waals surface area contributed by atoms with Gasteiger partial charge in [-0.3, -0.25) is 29.1 Å². The number of alkyl carbamates (subject to hydrolysis) is 2. The van der Waals surface area contributed by atoms with E-state index in [4.69, 9.17) is 40.0 Å². The number of carbonyl (C=O) groups is 9. The average molecular weight is 2230 g/mol. The number of rotatable bonds is 35. The van der Waals surface area contributed by atoms with Gasteiger partial charge in [-0.05, 0) is 188 Å². The first kappa shape index (κ1) is 132. The summed E-state index contributed by atoms with van der Waals surface area (Å²) in [5, 5.41) is 60.8. The van der Waals surface area contributed by atoms with Gasteiger partial charge in [0, 0.05) is 105 Å². The van der Waals surface area contributed by atoms with Crippen molar-refractivity contribution >= 4 is 172 Å². The normalized spacial score (nSPS) is 13.6. The van der Waals surface area contributed by atoms with Gasteiger partial charge in [0.1, 0.15) is 67.6 Å². The molecule has 145 heavy (non-hydrogen) atoms. The summed E-state index contributed by atoms with van der Waals surface area (Å²) in [7, 11) is 0. The number of cyclic esters (lactones) is 3. The first-order valence-corrected chi connectivity index (χ1v) is 48.9. The van der Waals surface area contributed by atoms with Crippen molar-refractivity contribution in [2.75, 3.05) is 103 Å². The van der Waals surface area contributed by atoms with Gasteiger partial charge in [0.05, 0.1) is 74.9 Å². The Bertz CT molecular complexity index is 5490. The largest absolute Gasteiger partial charge is 1.00 e. The molecule has 7 heterocycles. The van der Waals surface area contributed by atoms with Crippen molar-refractivity contribution in [3.8, 4) is 33.4 Å². The van der Waals surface area contributed by atoms with E-state index in [1.165, 1.54) is 59.9 Å². The number of alkyl halides is 2. The molecule has 3 saturated heterocycles. The number of thioether (sulfide) groups is 3. The van der Waals surface area contributed by atoms with Crippen LogP contribution in [0.3, 0.4) is 0 Å². The van der Waals surface area contributed by atoms with Gasteiger partial charge in [-0.2, -0.15) is 46.3 Å². The second kappa shape index (κ2) is 67.9. The zero-order valence-electron chi connectivity index (χ0n) is 80.3. The Hall–Kier alpha value is -10.7. The third-order valence-electron chi connectivity index (χ3n) is 18.8. The number of aromatic nitrogens is 12. The molecule has 9 amide bonds. The molecule has 6 aromatic carbocycles. The van der Waals surface area contributed by atoms with E-state index in [1.54, 1.807) is 107 Å². The number of nitrogens with one attached hydrogen (secondary N) is 10. The van der Waals surface area contributed by atoms with Crippen LogP contribution < -0.4 is 76.2 Å². The summed E-state index contributed by atoms with van der Waals surface area (Å²) in [6.45, 7) is 25.7. The van der Waals surface area contributed by atoms with E-state index in [-0.39, 0.29) is 153 Å². The van der Waals surface area contributed by atoms with Crippen LogP contribution in [0.5, 0.6) is 0 Å². The number of nitrogens with zero attached hydrogens (tertiary/aromatic N) is 12. The summed E-state index contributed by atoms with van der Waals surface area (Å²) in [6, 6.07) is 36.3. The third-order valence-corrected chi connectivity index (χ3v) is 22.8. The van der Waals surface area contributed by atoms with Crippen LogP contribution in [-0.2, 0) is 74.4 Å². The monoisotopic (exact) mass is 2230 g/mol. The molecule has 13 rings (SSSR count). The molecule has 0 saturated carbocycles. The van der Waals surface area contributed by atoms with E-state index in [9.17, 15) is 51.9 Å². The van der Waals surface area contributed by atoms with Gasteiger partial charge in [-0.15, -0.1) is 87.0 Å². The molecule has 0 bridgehead atoms. The fourth-order valence-corrected chi connectivity index (χ4v) is 15.2. The number of hydrogen-bond donors (Lipinski definition) is 10. The molecule has 37 nitrogen and oxygen atoms in total. The summed E-state index contributed by atoms with van der Waals surface area (Å²) in [6.07, 6.45) is 5.76. The maximum absolute atomic E-state index is 15.2. The van der Waals surface area contributed by atoms with Crippen LogP contribution in [0.2, 0.25) is 0 Å². The maximum Gasteiger partial charge on any atom is 1.00 e. The molecule has 49 heteroatoms. The number of benzene rings is 6. The molecule has 10 aromatic rings. The second-order valence-electron chi connectivity index (χ2n) is 33.7. The molecule has 3 atom stereocenters. The van der Waals surface area contributed by atoms with Crippen LogP contribution in [0.15, 0.2) is 172 Å². The molecule has 0 spiro atoms. The summed E-state index contributed by atoms with van der Waals surface area (Å²) < 4.78 is 76.2. The minimum absolute atomic E-state index is 0. The minimum Gasteiger partial charge on any atom is -0.757 e. The van der Waals surface area contributed by atoms with Crippen molar-refractivity contribution in [3.63, 3.8) is 0 Å². The van der Waals surface area contributed by atoms with Gasteiger partial charge in [0.2, 0.25) is 17.7 Å². The molecule has 0 aliphatic carbocycles. The van der Waals surface area contributed by atoms with Gasteiger partial charge in [-0.25, -0.2) is 41.9 Å². The molecule has 10 N–H and O–H groups in total. The molecule has 0 radical (unpaired) electrons. The van der Waals surface area contributed by atoms with E-state index in [2.05, 4.69) is 122 Å². The summed E-state index contributed by atoms with van der Waals surface area (Å²) >= 11 is 18.4. The zero-order chi connectivity index (χ0) is 100. The van der Waals surface area contributed by atoms with Crippen LogP contribution in [0.1, 0.15) is 155 Å². The van der Waals surface area contributed by atoms with Crippen molar-refractivity contribution < 1.29 is 114 Å². The topological polar surface area (TPSA) is 460 Å². The van der Waals surface area contributed by atoms with Crippen LogP contribution in [-0.4, -0.2) is 244 Å². The quantitative estimate of drug-likeness (QED) is 0.00440. The molecule has 0 unspecified atom stereocenters. The van der Waals surface area contributed by atoms with Crippen molar-refractivity contribution in [1.82, 2.24) is 98.4 Å². The van der Waals surface area contributed by atoms with Gasteiger partial charge >= 0.3 is 66.1 Å². The Balaban J connectivity index is 0.000000925. The first-order chi connectivity index (χ1) is 65.8. The molecule has 3 aliphatic rings. The Morgan fingerprint density at radius 1 is 0.469 bits per heavy atom. The van der Waals surface area contributed by atoms with Crippen LogP contribution in [0.25, 0.3) is 33.4 Å². The first-order valence-electron chi connectivity index (χ1n) is 43.8. The minimum atomic E-state index is -0.628. The number of anilines is 3. The van der Waals surface area contributed by atoms with Gasteiger partial charge in [-0.1, -0.05) is 118 Å². The predicted octanol–water partition coefficient (Wildman–Crippen LogP) is 16.2.